The van der Waals surface area contributed by atoms with Gasteiger partial charge in [0.1, 0.15) is 10.0 Å². The van der Waals surface area contributed by atoms with Crippen LogP contribution in [0.15, 0.2) is 0 Å². The van der Waals surface area contributed by atoms with E-state index in [1.165, 1.54) is 0 Å². The molecule has 2 saturated heterocycles. The van der Waals surface area contributed by atoms with Crippen LogP contribution in [0, 0.1) is 18.3 Å². The van der Waals surface area contributed by atoms with Gasteiger partial charge in [0.05, 0.1) is 18.6 Å². The lowest BCUT2D eigenvalue weighted by Crippen LogP contribution is -2.60. The average molecular weight is 466 g/mol. The monoisotopic (exact) mass is 465 g/mol. The first-order valence-corrected chi connectivity index (χ1v) is 11.1. The second-order valence-electron chi connectivity index (χ2n) is 8.12. The number of carbonyl (C=O) groups excluding carboxylic acids is 1. The molecule has 0 radical (unpaired) electrons. The summed E-state index contributed by atoms with van der Waals surface area (Å²) < 4.78 is 5.51. The Kier molecular flexibility index (Phi) is 9.57. The lowest BCUT2D eigenvalue weighted by atomic mass is 9.61. The molecule has 3 aliphatic rings. The van der Waals surface area contributed by atoms with Gasteiger partial charge < -0.3 is 15.4 Å². The third-order valence-electron chi connectivity index (χ3n) is 6.58. The number of amides is 1. The third-order valence-corrected chi connectivity index (χ3v) is 7.48. The van der Waals surface area contributed by atoms with E-state index in [9.17, 15) is 4.79 Å². The number of halogens is 2. The lowest BCUT2D eigenvalue weighted by Gasteiger charge is -2.50. The summed E-state index contributed by atoms with van der Waals surface area (Å²) in [4.78, 5) is 15.8. The van der Waals surface area contributed by atoms with E-state index in [-0.39, 0.29) is 36.1 Å². The molecule has 1 aliphatic carbocycles. The molecule has 10 heteroatoms. The zero-order valence-corrected chi connectivity index (χ0v) is 19.5. The maximum atomic E-state index is 13.2. The summed E-state index contributed by atoms with van der Waals surface area (Å²) in [5, 5.41) is 16.9. The number of fused-ring (bicyclic) bond motifs is 1. The number of hydrogen-bond acceptors (Lipinski definition) is 7. The molecular weight excluding hydrogens is 433 g/mol. The second-order valence-corrected chi connectivity index (χ2v) is 9.38. The Morgan fingerprint density at radius 1 is 1.31 bits per heavy atom. The Hall–Kier alpha value is -0.510. The van der Waals surface area contributed by atoms with Crippen LogP contribution in [-0.4, -0.2) is 73.0 Å². The highest BCUT2D eigenvalue weighted by Gasteiger charge is 2.50. The van der Waals surface area contributed by atoms with Crippen LogP contribution >= 0.6 is 36.2 Å². The van der Waals surface area contributed by atoms with Crippen molar-refractivity contribution in [1.29, 1.82) is 0 Å². The van der Waals surface area contributed by atoms with E-state index in [1.807, 2.05) is 6.92 Å². The summed E-state index contributed by atoms with van der Waals surface area (Å²) >= 11 is 1.61. The van der Waals surface area contributed by atoms with Gasteiger partial charge in [-0.2, -0.15) is 0 Å². The van der Waals surface area contributed by atoms with Crippen molar-refractivity contribution in [3.8, 4) is 0 Å². The molecular formula is C19H33Cl2N5O2S. The summed E-state index contributed by atoms with van der Waals surface area (Å²) in [5.41, 5.74) is -0.238. The van der Waals surface area contributed by atoms with Gasteiger partial charge in [-0.25, -0.2) is 0 Å². The lowest BCUT2D eigenvalue weighted by molar-refractivity contribution is -0.140. The number of hydrogen-bond donors (Lipinski definition) is 2. The third kappa shape index (κ3) is 5.60. The van der Waals surface area contributed by atoms with Crippen molar-refractivity contribution in [1.82, 2.24) is 25.7 Å². The molecule has 0 spiro atoms. The van der Waals surface area contributed by atoms with Crippen molar-refractivity contribution >= 4 is 42.1 Å². The predicted molar refractivity (Wildman–Crippen MR) is 119 cm³/mol. The van der Waals surface area contributed by atoms with E-state index in [0.29, 0.717) is 18.5 Å². The van der Waals surface area contributed by atoms with Crippen LogP contribution in [0.2, 0.25) is 0 Å². The Balaban J connectivity index is 0.00000150. The van der Waals surface area contributed by atoms with Crippen molar-refractivity contribution in [3.63, 3.8) is 0 Å². The molecule has 1 saturated carbocycles. The number of piperidine rings is 1. The number of nitrogens with zero attached hydrogens (tertiary/aromatic N) is 3. The molecule has 3 fully saturated rings. The first kappa shape index (κ1) is 24.8. The van der Waals surface area contributed by atoms with E-state index in [2.05, 4.69) is 25.7 Å². The largest absolute Gasteiger partial charge is 0.379 e. The molecule has 0 unspecified atom stereocenters. The van der Waals surface area contributed by atoms with E-state index < -0.39 is 0 Å². The fraction of sp³-hybridized carbons (Fsp3) is 0.842. The van der Waals surface area contributed by atoms with Crippen LogP contribution in [0.3, 0.4) is 0 Å². The Bertz CT molecular complexity index is 658. The molecule has 4 rings (SSSR count). The number of ether oxygens (including phenoxy) is 1. The van der Waals surface area contributed by atoms with Gasteiger partial charge in [0.15, 0.2) is 0 Å². The van der Waals surface area contributed by atoms with Gasteiger partial charge in [-0.05, 0) is 45.1 Å². The molecule has 0 aromatic carbocycles. The first-order valence-electron chi connectivity index (χ1n) is 10.3. The topological polar surface area (TPSA) is 79.4 Å². The highest BCUT2D eigenvalue weighted by atomic mass is 35.5. The summed E-state index contributed by atoms with van der Waals surface area (Å²) in [5.74, 6) is 0.713. The minimum Gasteiger partial charge on any atom is -0.379 e. The van der Waals surface area contributed by atoms with Gasteiger partial charge in [-0.1, -0.05) is 0 Å². The van der Waals surface area contributed by atoms with Gasteiger partial charge in [-0.3, -0.25) is 9.69 Å². The summed E-state index contributed by atoms with van der Waals surface area (Å²) in [6, 6.07) is 0.613. The fourth-order valence-corrected chi connectivity index (χ4v) is 5.77. The van der Waals surface area contributed by atoms with Crippen molar-refractivity contribution in [2.45, 2.75) is 45.1 Å². The van der Waals surface area contributed by atoms with Crippen LogP contribution in [0.5, 0.6) is 0 Å². The molecule has 3 atom stereocenters. The van der Waals surface area contributed by atoms with Crippen LogP contribution in [-0.2, 0) is 16.0 Å². The molecule has 0 bridgehead atoms. The van der Waals surface area contributed by atoms with Crippen molar-refractivity contribution in [2.24, 2.45) is 11.3 Å². The maximum Gasteiger partial charge on any atom is 0.227 e. The number of carbonyl (C=O) groups is 1. The molecule has 1 aromatic heterocycles. The number of rotatable bonds is 5. The minimum atomic E-state index is -0.238. The van der Waals surface area contributed by atoms with Gasteiger partial charge in [0.25, 0.3) is 0 Å². The Morgan fingerprint density at radius 3 is 2.83 bits per heavy atom. The quantitative estimate of drug-likeness (QED) is 0.690. The normalized spacial score (nSPS) is 29.8. The number of morpholine rings is 1. The molecule has 3 heterocycles. The molecule has 2 aliphatic heterocycles. The fourth-order valence-electron chi connectivity index (χ4n) is 5.07. The van der Waals surface area contributed by atoms with Gasteiger partial charge in [0, 0.05) is 38.6 Å². The zero-order chi connectivity index (χ0) is 18.7. The Labute approximate surface area is 189 Å². The van der Waals surface area contributed by atoms with Crippen molar-refractivity contribution in [3.05, 3.63) is 10.0 Å². The van der Waals surface area contributed by atoms with Crippen LogP contribution < -0.4 is 10.6 Å². The molecule has 2 N–H and O–H groups in total. The smallest absolute Gasteiger partial charge is 0.227 e. The van der Waals surface area contributed by atoms with Gasteiger partial charge in [0.2, 0.25) is 5.91 Å². The molecule has 7 nitrogen and oxygen atoms in total. The van der Waals surface area contributed by atoms with E-state index in [0.717, 1.165) is 81.5 Å². The molecule has 29 heavy (non-hydrogen) atoms. The molecule has 1 aromatic rings. The predicted octanol–water partition coefficient (Wildman–Crippen LogP) is 1.83. The summed E-state index contributed by atoms with van der Waals surface area (Å²) in [7, 11) is 0. The van der Waals surface area contributed by atoms with Crippen LogP contribution in [0.4, 0.5) is 0 Å². The van der Waals surface area contributed by atoms with Gasteiger partial charge in [-0.15, -0.1) is 46.3 Å². The summed E-state index contributed by atoms with van der Waals surface area (Å²) in [6.07, 6.45) is 5.11. The number of aryl methyl sites for hydroxylation is 1. The zero-order valence-electron chi connectivity index (χ0n) is 17.0. The average Bonchev–Trinajstić information content (AvgIpc) is 3.13. The standard InChI is InChI=1S/C19H31N5O2S.2ClH/c1-14-22-23-17(27-14)4-7-21-18(25)19-5-2-16(24-8-10-26-11-9-24)12-15(19)3-6-20-13-19;;/h15-16,20H,2-13H2,1H3,(H,21,25);2*1H/t15-,16-,19-;;/m1../s1. The first-order chi connectivity index (χ1) is 13.2. The van der Waals surface area contributed by atoms with Crippen LogP contribution in [0.25, 0.3) is 0 Å². The molecule has 166 valence electrons. The van der Waals surface area contributed by atoms with E-state index >= 15 is 0 Å². The van der Waals surface area contributed by atoms with E-state index in [1.54, 1.807) is 11.3 Å². The second kappa shape index (κ2) is 11.2. The Morgan fingerprint density at radius 2 is 2.10 bits per heavy atom. The number of nitrogens with one attached hydrogen (secondary N) is 2. The van der Waals surface area contributed by atoms with Crippen molar-refractivity contribution in [2.75, 3.05) is 45.9 Å². The summed E-state index contributed by atoms with van der Waals surface area (Å²) in [6.45, 7) is 8.22. The minimum absolute atomic E-state index is 0. The van der Waals surface area contributed by atoms with E-state index in [4.69, 9.17) is 4.74 Å². The van der Waals surface area contributed by atoms with Gasteiger partial charge >= 0.3 is 0 Å². The molecule has 1 amide bonds. The van der Waals surface area contributed by atoms with Crippen LogP contribution in [0.1, 0.15) is 35.7 Å². The number of aromatic nitrogens is 2. The highest BCUT2D eigenvalue weighted by molar-refractivity contribution is 7.11. The maximum absolute atomic E-state index is 13.2. The SMILES string of the molecule is Cc1nnc(CCNC(=O)[C@@]23CC[C@@H](N4CCOCC4)C[C@H]2CCNC3)s1.Cl.Cl. The highest BCUT2D eigenvalue weighted by Crippen LogP contribution is 2.46. The van der Waals surface area contributed by atoms with Crippen molar-refractivity contribution < 1.29 is 9.53 Å².